The van der Waals surface area contributed by atoms with Crippen molar-refractivity contribution >= 4 is 24.0 Å². The smallest absolute Gasteiger partial charge is 0.272 e. The van der Waals surface area contributed by atoms with E-state index in [0.717, 1.165) is 12.1 Å². The molecular formula is C17H17N5O4. The van der Waals surface area contributed by atoms with Gasteiger partial charge in [-0.25, -0.2) is 9.97 Å². The van der Waals surface area contributed by atoms with Crippen LogP contribution in [0.25, 0.3) is 0 Å². The maximum atomic E-state index is 12.6. The molecule has 0 bridgehead atoms. The summed E-state index contributed by atoms with van der Waals surface area (Å²) in [6.07, 6.45) is 2.34. The highest BCUT2D eigenvalue weighted by Crippen LogP contribution is 2.34. The molecule has 0 spiro atoms. The van der Waals surface area contributed by atoms with Crippen LogP contribution in [-0.4, -0.2) is 65.1 Å². The standard InChI is InChI=1S/C17H17N5O4/c23-10-21-5-7-22(8-6-21)16(24)13-3-4-18-17(20-13)19-12-1-2-14-15(9-12)26-11-25-14/h1-4,9-10H,5-8,11H2,(H,18,19,20). The van der Waals surface area contributed by atoms with Gasteiger partial charge in [-0.2, -0.15) is 0 Å². The number of piperazine rings is 1. The number of aromatic nitrogens is 2. The molecule has 3 heterocycles. The van der Waals surface area contributed by atoms with Crippen LogP contribution >= 0.6 is 0 Å². The second-order valence-corrected chi connectivity index (χ2v) is 5.89. The molecule has 2 aliphatic rings. The maximum Gasteiger partial charge on any atom is 0.272 e. The van der Waals surface area contributed by atoms with Gasteiger partial charge >= 0.3 is 0 Å². The van der Waals surface area contributed by atoms with Gasteiger partial charge in [0.15, 0.2) is 11.5 Å². The highest BCUT2D eigenvalue weighted by molar-refractivity contribution is 5.92. The van der Waals surface area contributed by atoms with Crippen molar-refractivity contribution in [2.75, 3.05) is 38.3 Å². The summed E-state index contributed by atoms with van der Waals surface area (Å²) in [5, 5.41) is 3.06. The Morgan fingerprint density at radius 3 is 2.73 bits per heavy atom. The van der Waals surface area contributed by atoms with Gasteiger partial charge < -0.3 is 24.6 Å². The average Bonchev–Trinajstić information content (AvgIpc) is 3.15. The second-order valence-electron chi connectivity index (χ2n) is 5.89. The molecule has 1 N–H and O–H groups in total. The molecule has 0 atom stereocenters. The van der Waals surface area contributed by atoms with Gasteiger partial charge in [-0.3, -0.25) is 9.59 Å². The summed E-state index contributed by atoms with van der Waals surface area (Å²) in [6.45, 7) is 2.25. The topological polar surface area (TPSA) is 96.9 Å². The Balaban J connectivity index is 1.46. The minimum Gasteiger partial charge on any atom is -0.454 e. The monoisotopic (exact) mass is 355 g/mol. The third-order valence-corrected chi connectivity index (χ3v) is 4.25. The third kappa shape index (κ3) is 3.23. The molecule has 2 amide bonds. The molecule has 0 saturated carbocycles. The second kappa shape index (κ2) is 6.87. The Labute approximate surface area is 149 Å². The number of benzene rings is 1. The summed E-state index contributed by atoms with van der Waals surface area (Å²) in [4.78, 5) is 35.2. The predicted molar refractivity (Wildman–Crippen MR) is 91.4 cm³/mol. The van der Waals surface area contributed by atoms with E-state index in [1.54, 1.807) is 28.0 Å². The number of rotatable bonds is 4. The van der Waals surface area contributed by atoms with Crippen LogP contribution < -0.4 is 14.8 Å². The maximum absolute atomic E-state index is 12.6. The number of hydrogen-bond donors (Lipinski definition) is 1. The fraction of sp³-hybridized carbons (Fsp3) is 0.294. The molecule has 9 nitrogen and oxygen atoms in total. The Morgan fingerprint density at radius 1 is 1.12 bits per heavy atom. The van der Waals surface area contributed by atoms with Crippen molar-refractivity contribution in [3.63, 3.8) is 0 Å². The Morgan fingerprint density at radius 2 is 1.92 bits per heavy atom. The summed E-state index contributed by atoms with van der Waals surface area (Å²) < 4.78 is 10.6. The first kappa shape index (κ1) is 16.1. The van der Waals surface area contributed by atoms with Gasteiger partial charge in [0.25, 0.3) is 5.91 Å². The van der Waals surface area contributed by atoms with Crippen LogP contribution in [0.2, 0.25) is 0 Å². The first-order chi connectivity index (χ1) is 12.7. The molecular weight excluding hydrogens is 338 g/mol. The lowest BCUT2D eigenvalue weighted by molar-refractivity contribution is -0.119. The van der Waals surface area contributed by atoms with Crippen molar-refractivity contribution < 1.29 is 19.1 Å². The molecule has 9 heteroatoms. The number of ether oxygens (including phenoxy) is 2. The normalized spacial score (nSPS) is 15.7. The van der Waals surface area contributed by atoms with Crippen LogP contribution in [0.1, 0.15) is 10.5 Å². The van der Waals surface area contributed by atoms with E-state index in [9.17, 15) is 9.59 Å². The van der Waals surface area contributed by atoms with Crippen molar-refractivity contribution in [1.82, 2.24) is 19.8 Å². The van der Waals surface area contributed by atoms with Crippen molar-refractivity contribution in [3.05, 3.63) is 36.2 Å². The number of nitrogens with one attached hydrogen (secondary N) is 1. The first-order valence-electron chi connectivity index (χ1n) is 8.21. The number of carbonyl (C=O) groups is 2. The van der Waals surface area contributed by atoms with Gasteiger partial charge in [0.2, 0.25) is 19.2 Å². The third-order valence-electron chi connectivity index (χ3n) is 4.25. The van der Waals surface area contributed by atoms with Crippen LogP contribution in [0.3, 0.4) is 0 Å². The molecule has 134 valence electrons. The number of nitrogens with zero attached hydrogens (tertiary/aromatic N) is 4. The molecule has 26 heavy (non-hydrogen) atoms. The molecule has 0 aliphatic carbocycles. The molecule has 0 unspecified atom stereocenters. The van der Waals surface area contributed by atoms with E-state index in [4.69, 9.17) is 9.47 Å². The lowest BCUT2D eigenvalue weighted by atomic mass is 10.2. The van der Waals surface area contributed by atoms with Gasteiger partial charge in [-0.05, 0) is 18.2 Å². The average molecular weight is 355 g/mol. The summed E-state index contributed by atoms with van der Waals surface area (Å²) in [5.41, 5.74) is 1.04. The van der Waals surface area contributed by atoms with E-state index in [-0.39, 0.29) is 12.7 Å². The Hall–Kier alpha value is -3.36. The zero-order valence-corrected chi connectivity index (χ0v) is 13.9. The molecule has 4 rings (SSSR count). The van der Waals surface area contributed by atoms with Gasteiger partial charge in [0, 0.05) is 44.1 Å². The Kier molecular flexibility index (Phi) is 4.26. The highest BCUT2D eigenvalue weighted by atomic mass is 16.7. The van der Waals surface area contributed by atoms with Crippen LogP contribution in [0.4, 0.5) is 11.6 Å². The SMILES string of the molecule is O=CN1CCN(C(=O)c2ccnc(Nc3ccc4c(c3)OCO4)n2)CC1. The van der Waals surface area contributed by atoms with Crippen LogP contribution in [0.15, 0.2) is 30.5 Å². The molecule has 1 aromatic heterocycles. The molecule has 1 fully saturated rings. The van der Waals surface area contributed by atoms with E-state index in [0.29, 0.717) is 49.3 Å². The largest absolute Gasteiger partial charge is 0.454 e. The quantitative estimate of drug-likeness (QED) is 0.813. The van der Waals surface area contributed by atoms with E-state index < -0.39 is 0 Å². The Bertz CT molecular complexity index is 836. The van der Waals surface area contributed by atoms with Gasteiger partial charge in [-0.15, -0.1) is 0 Å². The summed E-state index contributed by atoms with van der Waals surface area (Å²) in [5.74, 6) is 1.48. The van der Waals surface area contributed by atoms with Crippen molar-refractivity contribution in [2.24, 2.45) is 0 Å². The van der Waals surface area contributed by atoms with Crippen molar-refractivity contribution in [3.8, 4) is 11.5 Å². The minimum atomic E-state index is -0.174. The zero-order chi connectivity index (χ0) is 17.9. The van der Waals surface area contributed by atoms with E-state index in [1.165, 1.54) is 6.20 Å². The molecule has 2 aliphatic heterocycles. The van der Waals surface area contributed by atoms with Gasteiger partial charge in [-0.1, -0.05) is 0 Å². The number of anilines is 2. The number of hydrogen-bond acceptors (Lipinski definition) is 7. The lowest BCUT2D eigenvalue weighted by Crippen LogP contribution is -2.48. The number of fused-ring (bicyclic) bond motifs is 1. The van der Waals surface area contributed by atoms with E-state index in [1.807, 2.05) is 6.07 Å². The zero-order valence-electron chi connectivity index (χ0n) is 13.9. The highest BCUT2D eigenvalue weighted by Gasteiger charge is 2.22. The number of amides is 2. The number of carbonyl (C=O) groups excluding carboxylic acids is 2. The van der Waals surface area contributed by atoms with Crippen LogP contribution in [-0.2, 0) is 4.79 Å². The predicted octanol–water partition coefficient (Wildman–Crippen LogP) is 0.863. The lowest BCUT2D eigenvalue weighted by Gasteiger charge is -2.32. The molecule has 1 saturated heterocycles. The van der Waals surface area contributed by atoms with Crippen molar-refractivity contribution in [1.29, 1.82) is 0 Å². The molecule has 1 aromatic carbocycles. The van der Waals surface area contributed by atoms with Gasteiger partial charge in [0.1, 0.15) is 5.69 Å². The fourth-order valence-electron chi connectivity index (χ4n) is 2.83. The summed E-state index contributed by atoms with van der Waals surface area (Å²) in [7, 11) is 0. The van der Waals surface area contributed by atoms with Gasteiger partial charge in [0.05, 0.1) is 0 Å². The molecule has 2 aromatic rings. The van der Waals surface area contributed by atoms with E-state index >= 15 is 0 Å². The van der Waals surface area contributed by atoms with E-state index in [2.05, 4.69) is 15.3 Å². The summed E-state index contributed by atoms with van der Waals surface area (Å²) in [6, 6.07) is 6.99. The summed E-state index contributed by atoms with van der Waals surface area (Å²) >= 11 is 0. The van der Waals surface area contributed by atoms with Crippen molar-refractivity contribution in [2.45, 2.75) is 0 Å². The first-order valence-corrected chi connectivity index (χ1v) is 8.21. The molecule has 0 radical (unpaired) electrons. The fourth-order valence-corrected chi connectivity index (χ4v) is 2.83. The van der Waals surface area contributed by atoms with Crippen LogP contribution in [0, 0.1) is 0 Å². The van der Waals surface area contributed by atoms with Crippen LogP contribution in [0.5, 0.6) is 11.5 Å². The minimum absolute atomic E-state index is 0.174.